The van der Waals surface area contributed by atoms with Gasteiger partial charge in [-0.2, -0.15) is 5.10 Å². The van der Waals surface area contributed by atoms with Crippen LogP contribution in [0.5, 0.6) is 0 Å². The van der Waals surface area contributed by atoms with E-state index in [0.717, 1.165) is 11.3 Å². The van der Waals surface area contributed by atoms with Crippen molar-refractivity contribution < 1.29 is 14.3 Å². The van der Waals surface area contributed by atoms with Crippen molar-refractivity contribution in [3.8, 4) is 0 Å². The predicted octanol–water partition coefficient (Wildman–Crippen LogP) is 2.42. The average Bonchev–Trinajstić information content (AvgIpc) is 3.44. The van der Waals surface area contributed by atoms with Crippen LogP contribution in [0, 0.1) is 0 Å². The molecule has 4 rings (SSSR count). The SMILES string of the molecule is COCCNC(=O)c1ccc2c(c1)[C@H](c1ncn(C(C)C)n1)CN2C(=O)c1ccccn1. The fraction of sp³-hybridized carbons (Fsp3) is 0.348. The Balaban J connectivity index is 1.70. The van der Waals surface area contributed by atoms with Crippen molar-refractivity contribution in [2.24, 2.45) is 0 Å². The molecule has 32 heavy (non-hydrogen) atoms. The molecule has 2 aromatic heterocycles. The van der Waals surface area contributed by atoms with E-state index in [1.165, 1.54) is 0 Å². The monoisotopic (exact) mass is 434 g/mol. The quantitative estimate of drug-likeness (QED) is 0.573. The number of carbonyl (C=O) groups is 2. The second-order valence-corrected chi connectivity index (χ2v) is 7.88. The topological polar surface area (TPSA) is 102 Å². The molecular weight excluding hydrogens is 408 g/mol. The van der Waals surface area contributed by atoms with Crippen molar-refractivity contribution >= 4 is 17.5 Å². The fourth-order valence-electron chi connectivity index (χ4n) is 3.71. The highest BCUT2D eigenvalue weighted by molar-refractivity contribution is 6.07. The van der Waals surface area contributed by atoms with E-state index in [0.29, 0.717) is 36.8 Å². The number of hydrogen-bond donors (Lipinski definition) is 1. The average molecular weight is 435 g/mol. The van der Waals surface area contributed by atoms with Crippen LogP contribution in [0.4, 0.5) is 5.69 Å². The number of pyridine rings is 1. The molecule has 0 radical (unpaired) electrons. The predicted molar refractivity (Wildman–Crippen MR) is 119 cm³/mol. The van der Waals surface area contributed by atoms with E-state index in [4.69, 9.17) is 4.74 Å². The summed E-state index contributed by atoms with van der Waals surface area (Å²) < 4.78 is 6.79. The zero-order chi connectivity index (χ0) is 22.7. The summed E-state index contributed by atoms with van der Waals surface area (Å²) >= 11 is 0. The number of carbonyl (C=O) groups excluding carboxylic acids is 2. The number of amides is 2. The molecule has 1 aliphatic heterocycles. The molecule has 0 bridgehead atoms. The van der Waals surface area contributed by atoms with Gasteiger partial charge in [-0.1, -0.05) is 6.07 Å². The first-order chi connectivity index (χ1) is 15.5. The van der Waals surface area contributed by atoms with Crippen LogP contribution in [0.15, 0.2) is 48.9 Å². The van der Waals surface area contributed by atoms with E-state index in [9.17, 15) is 9.59 Å². The largest absolute Gasteiger partial charge is 0.383 e. The van der Waals surface area contributed by atoms with Crippen molar-refractivity contribution in [3.05, 3.63) is 71.6 Å². The number of rotatable bonds is 7. The summed E-state index contributed by atoms with van der Waals surface area (Å²) in [6.45, 7) is 5.28. The van der Waals surface area contributed by atoms with Crippen LogP contribution < -0.4 is 10.2 Å². The van der Waals surface area contributed by atoms with Crippen LogP contribution in [0.25, 0.3) is 0 Å². The number of benzene rings is 1. The molecule has 0 saturated carbocycles. The highest BCUT2D eigenvalue weighted by Crippen LogP contribution is 2.40. The van der Waals surface area contributed by atoms with Gasteiger partial charge in [0, 0.05) is 43.7 Å². The Morgan fingerprint density at radius 1 is 1.22 bits per heavy atom. The van der Waals surface area contributed by atoms with E-state index in [2.05, 4.69) is 20.4 Å². The Hall–Kier alpha value is -3.59. The summed E-state index contributed by atoms with van der Waals surface area (Å²) in [4.78, 5) is 36.2. The number of aromatic nitrogens is 4. The maximum absolute atomic E-state index is 13.2. The fourth-order valence-corrected chi connectivity index (χ4v) is 3.71. The van der Waals surface area contributed by atoms with Gasteiger partial charge in [-0.05, 0) is 49.7 Å². The number of fused-ring (bicyclic) bond motifs is 1. The van der Waals surface area contributed by atoms with E-state index < -0.39 is 0 Å². The van der Waals surface area contributed by atoms with Gasteiger partial charge >= 0.3 is 0 Å². The third kappa shape index (κ3) is 4.24. The van der Waals surface area contributed by atoms with Gasteiger partial charge in [0.2, 0.25) is 0 Å². The molecule has 0 fully saturated rings. The summed E-state index contributed by atoms with van der Waals surface area (Å²) in [5.74, 6) is -0.0219. The second kappa shape index (κ2) is 9.27. The lowest BCUT2D eigenvalue weighted by atomic mass is 9.98. The first kappa shape index (κ1) is 21.6. The minimum absolute atomic E-state index is 0.168. The lowest BCUT2D eigenvalue weighted by molar-refractivity contribution is 0.0936. The van der Waals surface area contributed by atoms with Crippen molar-refractivity contribution in [2.75, 3.05) is 31.7 Å². The molecule has 0 aliphatic carbocycles. The first-order valence-corrected chi connectivity index (χ1v) is 10.5. The van der Waals surface area contributed by atoms with Gasteiger partial charge < -0.3 is 15.0 Å². The van der Waals surface area contributed by atoms with Crippen LogP contribution in [0.2, 0.25) is 0 Å². The smallest absolute Gasteiger partial charge is 0.276 e. The molecule has 1 aromatic carbocycles. The van der Waals surface area contributed by atoms with Crippen molar-refractivity contribution in [2.45, 2.75) is 25.8 Å². The van der Waals surface area contributed by atoms with Crippen LogP contribution in [0.1, 0.15) is 58.0 Å². The molecule has 0 spiro atoms. The molecule has 3 heterocycles. The van der Waals surface area contributed by atoms with Gasteiger partial charge in [-0.3, -0.25) is 19.3 Å². The Morgan fingerprint density at radius 3 is 2.75 bits per heavy atom. The molecule has 3 aromatic rings. The molecule has 1 N–H and O–H groups in total. The van der Waals surface area contributed by atoms with Crippen molar-refractivity contribution in [1.82, 2.24) is 25.1 Å². The summed E-state index contributed by atoms with van der Waals surface area (Å²) in [5, 5.41) is 7.46. The van der Waals surface area contributed by atoms with Crippen molar-refractivity contribution in [1.29, 1.82) is 0 Å². The van der Waals surface area contributed by atoms with E-state index >= 15 is 0 Å². The van der Waals surface area contributed by atoms with E-state index in [1.54, 1.807) is 59.5 Å². The zero-order valence-corrected chi connectivity index (χ0v) is 18.4. The number of hydrogen-bond acceptors (Lipinski definition) is 6. The summed E-state index contributed by atoms with van der Waals surface area (Å²) in [6.07, 6.45) is 3.30. The molecule has 1 atom stereocenters. The van der Waals surface area contributed by atoms with Gasteiger partial charge in [-0.15, -0.1) is 0 Å². The number of nitrogens with one attached hydrogen (secondary N) is 1. The number of ether oxygens (including phenoxy) is 1. The zero-order valence-electron chi connectivity index (χ0n) is 18.4. The van der Waals surface area contributed by atoms with Gasteiger partial charge in [0.1, 0.15) is 12.0 Å². The Morgan fingerprint density at radius 2 is 2.06 bits per heavy atom. The summed E-state index contributed by atoms with van der Waals surface area (Å²) in [5.41, 5.74) is 2.46. The third-order valence-corrected chi connectivity index (χ3v) is 5.41. The highest BCUT2D eigenvalue weighted by atomic mass is 16.5. The summed E-state index contributed by atoms with van der Waals surface area (Å²) in [7, 11) is 1.59. The normalized spacial score (nSPS) is 15.1. The Kier molecular flexibility index (Phi) is 6.27. The molecule has 0 saturated heterocycles. The molecule has 2 amide bonds. The van der Waals surface area contributed by atoms with Gasteiger partial charge in [0.15, 0.2) is 5.82 Å². The minimum Gasteiger partial charge on any atom is -0.383 e. The molecule has 166 valence electrons. The standard InChI is InChI=1S/C23H26N6O3/c1-15(2)29-14-26-21(27-29)18-13-28(23(31)19-6-4-5-9-24-19)20-8-7-16(12-17(18)20)22(30)25-10-11-32-3/h4-9,12,14-15,18H,10-11,13H2,1-3H3,(H,25,30)/t18-/m1/s1. The third-order valence-electron chi connectivity index (χ3n) is 5.41. The van der Waals surface area contributed by atoms with Crippen LogP contribution >= 0.6 is 0 Å². The lowest BCUT2D eigenvalue weighted by Gasteiger charge is -2.17. The number of methoxy groups -OCH3 is 1. The molecule has 9 heteroatoms. The maximum Gasteiger partial charge on any atom is 0.276 e. The first-order valence-electron chi connectivity index (χ1n) is 10.5. The van der Waals surface area contributed by atoms with Crippen LogP contribution in [-0.2, 0) is 4.74 Å². The van der Waals surface area contributed by atoms with E-state index in [-0.39, 0.29) is 23.8 Å². The Bertz CT molecular complexity index is 1110. The van der Waals surface area contributed by atoms with Crippen LogP contribution in [-0.4, -0.2) is 58.4 Å². The molecule has 9 nitrogen and oxygen atoms in total. The minimum atomic E-state index is -0.246. The molecule has 0 unspecified atom stereocenters. The summed E-state index contributed by atoms with van der Waals surface area (Å²) in [6, 6.07) is 10.8. The number of anilines is 1. The number of nitrogens with zero attached hydrogens (tertiary/aromatic N) is 5. The Labute approximate surface area is 186 Å². The molecular formula is C23H26N6O3. The van der Waals surface area contributed by atoms with Crippen LogP contribution in [0.3, 0.4) is 0 Å². The van der Waals surface area contributed by atoms with E-state index in [1.807, 2.05) is 19.9 Å². The maximum atomic E-state index is 13.2. The second-order valence-electron chi connectivity index (χ2n) is 7.88. The van der Waals surface area contributed by atoms with Gasteiger partial charge in [0.05, 0.1) is 12.5 Å². The molecule has 1 aliphatic rings. The van der Waals surface area contributed by atoms with Gasteiger partial charge in [0.25, 0.3) is 11.8 Å². The van der Waals surface area contributed by atoms with Gasteiger partial charge in [-0.25, -0.2) is 4.98 Å². The highest BCUT2D eigenvalue weighted by Gasteiger charge is 2.37. The van der Waals surface area contributed by atoms with Crippen molar-refractivity contribution in [3.63, 3.8) is 0 Å². The lowest BCUT2D eigenvalue weighted by Crippen LogP contribution is -2.30.